The summed E-state index contributed by atoms with van der Waals surface area (Å²) in [7, 11) is 0. The van der Waals surface area contributed by atoms with Crippen molar-refractivity contribution in [2.75, 3.05) is 19.8 Å². The highest BCUT2D eigenvalue weighted by molar-refractivity contribution is 5.54. The Morgan fingerprint density at radius 1 is 0.262 bits per heavy atom. The van der Waals surface area contributed by atoms with E-state index in [9.17, 15) is 5.11 Å². The van der Waals surface area contributed by atoms with Crippen LogP contribution in [0.4, 0.5) is 0 Å². The molecule has 0 aromatic heterocycles. The molecule has 0 amide bonds. The third kappa shape index (κ3) is 42.4. The molecule has 1 rings (SSSR count). The van der Waals surface area contributed by atoms with Gasteiger partial charge in [0.25, 0.3) is 0 Å². The first-order valence-electron chi connectivity index (χ1n) is 29.9. The van der Waals surface area contributed by atoms with Gasteiger partial charge >= 0.3 is 0 Å². The summed E-state index contributed by atoms with van der Waals surface area (Å²) in [6, 6.07) is 3.97. The van der Waals surface area contributed by atoms with E-state index in [1.807, 2.05) is 12.1 Å². The fourth-order valence-electron chi connectivity index (χ4n) is 9.57. The Bertz CT molecular complexity index is 997. The highest BCUT2D eigenvalue weighted by atomic mass is 16.5. The Balaban J connectivity index is 2.40. The van der Waals surface area contributed by atoms with Gasteiger partial charge in [0.1, 0.15) is 0 Å². The van der Waals surface area contributed by atoms with Crippen LogP contribution in [-0.2, 0) is 6.61 Å². The first kappa shape index (κ1) is 61.6. The quantitative estimate of drug-likeness (QED) is 0.0662. The lowest BCUT2D eigenvalue weighted by molar-refractivity contribution is 0.231. The molecule has 1 aromatic carbocycles. The van der Waals surface area contributed by atoms with E-state index in [4.69, 9.17) is 14.2 Å². The number of hydrogen-bond donors (Lipinski definition) is 1. The maximum Gasteiger partial charge on any atom is 0.203 e. The molecule has 0 aliphatic carbocycles. The molecule has 0 aliphatic rings. The monoisotopic (exact) mass is 913 g/mol. The topological polar surface area (TPSA) is 47.9 Å². The smallest absolute Gasteiger partial charge is 0.203 e. The molecule has 0 aliphatic heterocycles. The summed E-state index contributed by atoms with van der Waals surface area (Å²) in [6.45, 7) is 8.93. The summed E-state index contributed by atoms with van der Waals surface area (Å²) in [4.78, 5) is 0. The molecular weight excluding hydrogens is 797 g/mol. The Kier molecular flexibility index (Phi) is 49.2. The van der Waals surface area contributed by atoms with E-state index >= 15 is 0 Å². The van der Waals surface area contributed by atoms with Crippen molar-refractivity contribution in [3.05, 3.63) is 17.7 Å². The van der Waals surface area contributed by atoms with Crippen molar-refractivity contribution < 1.29 is 19.3 Å². The molecule has 0 heterocycles. The van der Waals surface area contributed by atoms with Crippen molar-refractivity contribution in [2.45, 2.75) is 336 Å². The predicted molar refractivity (Wildman–Crippen MR) is 287 cm³/mol. The minimum atomic E-state index is -0.0236. The van der Waals surface area contributed by atoms with Crippen molar-refractivity contribution in [1.29, 1.82) is 0 Å². The van der Waals surface area contributed by atoms with E-state index in [0.717, 1.165) is 42.1 Å². The van der Waals surface area contributed by atoms with Crippen molar-refractivity contribution in [3.8, 4) is 17.2 Å². The summed E-state index contributed by atoms with van der Waals surface area (Å²) in [6.07, 6.45) is 65.6. The van der Waals surface area contributed by atoms with Crippen LogP contribution in [0.3, 0.4) is 0 Å². The molecule has 65 heavy (non-hydrogen) atoms. The first-order chi connectivity index (χ1) is 32.3. The Hall–Kier alpha value is -1.42. The van der Waals surface area contributed by atoms with E-state index in [1.165, 1.54) is 289 Å². The van der Waals surface area contributed by atoms with Crippen LogP contribution in [0.15, 0.2) is 12.1 Å². The maximum atomic E-state index is 10.2. The molecule has 0 bridgehead atoms. The van der Waals surface area contributed by atoms with Crippen LogP contribution < -0.4 is 14.2 Å². The van der Waals surface area contributed by atoms with Crippen molar-refractivity contribution in [1.82, 2.24) is 0 Å². The van der Waals surface area contributed by atoms with Gasteiger partial charge in [-0.1, -0.05) is 310 Å². The lowest BCUT2D eigenvalue weighted by Crippen LogP contribution is -2.07. The molecule has 0 atom stereocenters. The van der Waals surface area contributed by atoms with Gasteiger partial charge in [0.05, 0.1) is 26.4 Å². The Morgan fingerprint density at radius 3 is 0.646 bits per heavy atom. The minimum Gasteiger partial charge on any atom is -0.490 e. The molecule has 384 valence electrons. The van der Waals surface area contributed by atoms with E-state index in [-0.39, 0.29) is 6.61 Å². The third-order valence-corrected chi connectivity index (χ3v) is 14.0. The van der Waals surface area contributed by atoms with Crippen LogP contribution in [0, 0.1) is 0 Å². The molecule has 0 unspecified atom stereocenters. The molecule has 4 nitrogen and oxygen atoms in total. The van der Waals surface area contributed by atoms with Crippen LogP contribution >= 0.6 is 0 Å². The standard InChI is InChI=1S/C61H116O4/c1-4-7-10-13-16-19-22-25-28-31-34-37-40-43-46-49-52-63-59-55-58(57-62)56-60(64-53-50-47-44-41-38-35-32-29-26-23-20-17-14-11-8-5-2)61(59)65-54-51-48-45-42-39-36-33-30-27-24-21-18-15-12-9-6-3/h55-56,62H,4-54,57H2,1-3H3. The number of ether oxygens (including phenoxy) is 3. The average Bonchev–Trinajstić information content (AvgIpc) is 3.32. The Morgan fingerprint density at radius 2 is 0.446 bits per heavy atom. The number of aliphatic hydroxyl groups excluding tert-OH is 1. The van der Waals surface area contributed by atoms with Gasteiger partial charge in [0.15, 0.2) is 11.5 Å². The largest absolute Gasteiger partial charge is 0.490 e. The fourth-order valence-corrected chi connectivity index (χ4v) is 9.57. The normalized spacial score (nSPS) is 11.5. The fraction of sp³-hybridized carbons (Fsp3) is 0.902. The lowest BCUT2D eigenvalue weighted by atomic mass is 10.0. The SMILES string of the molecule is CCCCCCCCCCCCCCCCCCOc1cc(CO)cc(OCCCCCCCCCCCCCCCCCC)c1OCCCCCCCCCCCCCCCCCC. The lowest BCUT2D eigenvalue weighted by Gasteiger charge is -2.18. The Labute approximate surface area is 408 Å². The minimum absolute atomic E-state index is 0.0236. The summed E-state index contributed by atoms with van der Waals surface area (Å²) in [5.41, 5.74) is 0.837. The van der Waals surface area contributed by atoms with Gasteiger partial charge in [-0.2, -0.15) is 0 Å². The average molecular weight is 914 g/mol. The molecule has 0 spiro atoms. The zero-order valence-electron chi connectivity index (χ0n) is 44.6. The van der Waals surface area contributed by atoms with E-state index in [0.29, 0.717) is 19.8 Å². The van der Waals surface area contributed by atoms with Gasteiger partial charge in [-0.05, 0) is 37.0 Å². The van der Waals surface area contributed by atoms with Gasteiger partial charge in [-0.15, -0.1) is 0 Å². The van der Waals surface area contributed by atoms with Gasteiger partial charge in [-0.3, -0.25) is 0 Å². The summed E-state index contributed by atoms with van der Waals surface area (Å²) in [5.74, 6) is 2.24. The number of hydrogen-bond acceptors (Lipinski definition) is 4. The molecule has 1 N–H and O–H groups in total. The predicted octanol–water partition coefficient (Wildman–Crippen LogP) is 21.1. The second-order valence-corrected chi connectivity index (χ2v) is 20.5. The van der Waals surface area contributed by atoms with Crippen molar-refractivity contribution in [3.63, 3.8) is 0 Å². The molecule has 0 radical (unpaired) electrons. The molecule has 4 heteroatoms. The zero-order valence-corrected chi connectivity index (χ0v) is 44.6. The highest BCUT2D eigenvalue weighted by Crippen LogP contribution is 2.40. The van der Waals surface area contributed by atoms with Crippen molar-refractivity contribution >= 4 is 0 Å². The molecule has 1 aromatic rings. The number of unbranched alkanes of at least 4 members (excludes halogenated alkanes) is 45. The maximum absolute atomic E-state index is 10.2. The number of rotatable bonds is 55. The summed E-state index contributed by atoms with van der Waals surface area (Å²) < 4.78 is 19.4. The van der Waals surface area contributed by atoms with E-state index in [2.05, 4.69) is 20.8 Å². The van der Waals surface area contributed by atoms with Gasteiger partial charge < -0.3 is 19.3 Å². The zero-order chi connectivity index (χ0) is 46.6. The van der Waals surface area contributed by atoms with Gasteiger partial charge in [0.2, 0.25) is 5.75 Å². The van der Waals surface area contributed by atoms with Gasteiger partial charge in [0, 0.05) is 0 Å². The van der Waals surface area contributed by atoms with E-state index in [1.54, 1.807) is 0 Å². The second-order valence-electron chi connectivity index (χ2n) is 20.5. The summed E-state index contributed by atoms with van der Waals surface area (Å²) >= 11 is 0. The number of aliphatic hydroxyl groups is 1. The van der Waals surface area contributed by atoms with Crippen LogP contribution in [0.25, 0.3) is 0 Å². The van der Waals surface area contributed by atoms with Crippen molar-refractivity contribution in [2.24, 2.45) is 0 Å². The van der Waals surface area contributed by atoms with Crippen LogP contribution in [0.5, 0.6) is 17.2 Å². The highest BCUT2D eigenvalue weighted by Gasteiger charge is 2.16. The summed E-state index contributed by atoms with van der Waals surface area (Å²) in [5, 5.41) is 10.2. The third-order valence-electron chi connectivity index (χ3n) is 14.0. The molecular formula is C61H116O4. The molecule has 0 saturated carbocycles. The van der Waals surface area contributed by atoms with Crippen LogP contribution in [0.1, 0.15) is 335 Å². The second kappa shape index (κ2) is 52.0. The van der Waals surface area contributed by atoms with Gasteiger partial charge in [-0.25, -0.2) is 0 Å². The number of benzene rings is 1. The first-order valence-corrected chi connectivity index (χ1v) is 29.9. The van der Waals surface area contributed by atoms with Crippen LogP contribution in [-0.4, -0.2) is 24.9 Å². The van der Waals surface area contributed by atoms with E-state index < -0.39 is 0 Å². The molecule has 0 saturated heterocycles. The van der Waals surface area contributed by atoms with Crippen LogP contribution in [0.2, 0.25) is 0 Å². The molecule has 0 fully saturated rings.